The summed E-state index contributed by atoms with van der Waals surface area (Å²) >= 11 is 3.45. The van der Waals surface area contributed by atoms with E-state index in [4.69, 9.17) is 4.98 Å². The Kier molecular flexibility index (Phi) is 4.59. The lowest BCUT2D eigenvalue weighted by Crippen LogP contribution is -2.25. The molecule has 4 rings (SSSR count). The number of nitrogens with one attached hydrogen (secondary N) is 1. The van der Waals surface area contributed by atoms with Crippen LogP contribution in [0.2, 0.25) is 0 Å². The van der Waals surface area contributed by atoms with Crippen LogP contribution in [0.3, 0.4) is 0 Å². The molecule has 0 spiro atoms. The Balaban J connectivity index is 1.75. The topological polar surface area (TPSA) is 58.1 Å². The van der Waals surface area contributed by atoms with E-state index in [1.807, 2.05) is 49.4 Å². The summed E-state index contributed by atoms with van der Waals surface area (Å²) in [6.07, 6.45) is 2.22. The molecule has 1 N–H and O–H groups in total. The molecule has 5 nitrogen and oxygen atoms in total. The van der Waals surface area contributed by atoms with Crippen molar-refractivity contribution < 1.29 is 4.79 Å². The summed E-state index contributed by atoms with van der Waals surface area (Å²) in [5.74, 6) is 0.448. The summed E-state index contributed by atoms with van der Waals surface area (Å²) in [5, 5.41) is 2.99. The van der Waals surface area contributed by atoms with Crippen molar-refractivity contribution in [3.63, 3.8) is 0 Å². The van der Waals surface area contributed by atoms with Gasteiger partial charge < -0.3 is 10.2 Å². The molecule has 0 unspecified atom stereocenters. The van der Waals surface area contributed by atoms with E-state index in [-0.39, 0.29) is 5.91 Å². The lowest BCUT2D eigenvalue weighted by Gasteiger charge is -2.20. The van der Waals surface area contributed by atoms with E-state index in [1.54, 1.807) is 0 Å². The van der Waals surface area contributed by atoms with Crippen molar-refractivity contribution in [2.75, 3.05) is 23.3 Å². The Morgan fingerprint density at radius 2 is 1.77 bits per heavy atom. The predicted molar refractivity (Wildman–Crippen MR) is 108 cm³/mol. The highest BCUT2D eigenvalue weighted by Gasteiger charge is 2.23. The molecule has 0 saturated carbocycles. The number of amides is 1. The number of benzene rings is 2. The third kappa shape index (κ3) is 3.29. The van der Waals surface area contributed by atoms with Gasteiger partial charge in [0.2, 0.25) is 0 Å². The maximum absolute atomic E-state index is 13.0. The van der Waals surface area contributed by atoms with E-state index in [2.05, 4.69) is 31.1 Å². The van der Waals surface area contributed by atoms with Gasteiger partial charge in [-0.2, -0.15) is 0 Å². The molecule has 1 fully saturated rings. The van der Waals surface area contributed by atoms with Crippen molar-refractivity contribution >= 4 is 44.4 Å². The van der Waals surface area contributed by atoms with Crippen molar-refractivity contribution in [2.24, 2.45) is 0 Å². The summed E-state index contributed by atoms with van der Waals surface area (Å²) in [6.45, 7) is 3.78. The Hall–Kier alpha value is -2.47. The molecule has 132 valence electrons. The SMILES string of the molecule is Cc1cc(Br)ccc1NC(=O)c1nc2ccccc2nc1N1CCCC1. The Labute approximate surface area is 160 Å². The lowest BCUT2D eigenvalue weighted by atomic mass is 10.2. The second kappa shape index (κ2) is 7.03. The highest BCUT2D eigenvalue weighted by Crippen LogP contribution is 2.26. The van der Waals surface area contributed by atoms with Crippen LogP contribution in [0, 0.1) is 6.92 Å². The van der Waals surface area contributed by atoms with Crippen LogP contribution in [0.5, 0.6) is 0 Å². The minimum atomic E-state index is -0.226. The number of carbonyl (C=O) groups excluding carboxylic acids is 1. The molecule has 1 aromatic heterocycles. The van der Waals surface area contributed by atoms with E-state index in [0.717, 1.165) is 52.7 Å². The second-order valence-corrected chi connectivity index (χ2v) is 7.41. The van der Waals surface area contributed by atoms with Crippen molar-refractivity contribution in [2.45, 2.75) is 19.8 Å². The number of aromatic nitrogens is 2. The fourth-order valence-electron chi connectivity index (χ4n) is 3.24. The van der Waals surface area contributed by atoms with Crippen molar-refractivity contribution in [1.29, 1.82) is 0 Å². The minimum Gasteiger partial charge on any atom is -0.355 e. The third-order valence-corrected chi connectivity index (χ3v) is 5.10. The molecule has 6 heteroatoms. The summed E-state index contributed by atoms with van der Waals surface area (Å²) in [4.78, 5) is 24.6. The number of hydrogen-bond donors (Lipinski definition) is 1. The molecule has 2 heterocycles. The van der Waals surface area contributed by atoms with Gasteiger partial charge in [0.05, 0.1) is 11.0 Å². The van der Waals surface area contributed by atoms with Crippen LogP contribution in [0.15, 0.2) is 46.9 Å². The van der Waals surface area contributed by atoms with Crippen molar-refractivity contribution in [1.82, 2.24) is 9.97 Å². The third-order valence-electron chi connectivity index (χ3n) is 4.61. The normalized spacial score (nSPS) is 14.0. The zero-order valence-corrected chi connectivity index (χ0v) is 16.1. The van der Waals surface area contributed by atoms with Gasteiger partial charge in [0.15, 0.2) is 11.5 Å². The smallest absolute Gasteiger partial charge is 0.278 e. The van der Waals surface area contributed by atoms with Gasteiger partial charge in [-0.1, -0.05) is 28.1 Å². The predicted octanol–water partition coefficient (Wildman–Crippen LogP) is 4.55. The summed E-state index contributed by atoms with van der Waals surface area (Å²) in [5.41, 5.74) is 3.69. The molecule has 1 saturated heterocycles. The molecule has 1 aliphatic heterocycles. The molecule has 26 heavy (non-hydrogen) atoms. The average molecular weight is 411 g/mol. The van der Waals surface area contributed by atoms with Crippen molar-refractivity contribution in [3.05, 3.63) is 58.2 Å². The number of nitrogens with zero attached hydrogens (tertiary/aromatic N) is 3. The average Bonchev–Trinajstić information content (AvgIpc) is 3.17. The van der Waals surface area contributed by atoms with Crippen LogP contribution in [-0.2, 0) is 0 Å². The Morgan fingerprint density at radius 3 is 2.46 bits per heavy atom. The molecule has 1 aliphatic rings. The molecular weight excluding hydrogens is 392 g/mol. The molecule has 0 radical (unpaired) electrons. The van der Waals surface area contributed by atoms with E-state index >= 15 is 0 Å². The number of anilines is 2. The summed E-state index contributed by atoms with van der Waals surface area (Å²) in [6, 6.07) is 13.4. The molecule has 0 bridgehead atoms. The first kappa shape index (κ1) is 17.0. The highest BCUT2D eigenvalue weighted by atomic mass is 79.9. The Bertz CT molecular complexity index is 983. The number of rotatable bonds is 3. The van der Waals surface area contributed by atoms with Crippen LogP contribution >= 0.6 is 15.9 Å². The van der Waals surface area contributed by atoms with E-state index in [9.17, 15) is 4.79 Å². The molecule has 1 amide bonds. The maximum atomic E-state index is 13.0. The van der Waals surface area contributed by atoms with Gasteiger partial charge in [0, 0.05) is 23.2 Å². The number of halogens is 1. The summed E-state index contributed by atoms with van der Waals surface area (Å²) < 4.78 is 0.983. The maximum Gasteiger partial charge on any atom is 0.278 e. The van der Waals surface area contributed by atoms with E-state index in [1.165, 1.54) is 0 Å². The van der Waals surface area contributed by atoms with Crippen LogP contribution in [0.1, 0.15) is 28.9 Å². The monoisotopic (exact) mass is 410 g/mol. The number of carbonyl (C=O) groups is 1. The highest BCUT2D eigenvalue weighted by molar-refractivity contribution is 9.10. The van der Waals surface area contributed by atoms with Gasteiger partial charge >= 0.3 is 0 Å². The van der Waals surface area contributed by atoms with Crippen LogP contribution < -0.4 is 10.2 Å². The summed E-state index contributed by atoms with van der Waals surface area (Å²) in [7, 11) is 0. The minimum absolute atomic E-state index is 0.226. The van der Waals surface area contributed by atoms with Gasteiger partial charge in [0.25, 0.3) is 5.91 Å². The van der Waals surface area contributed by atoms with Gasteiger partial charge in [-0.25, -0.2) is 9.97 Å². The standard InChI is InChI=1S/C20H19BrN4O/c1-13-12-14(21)8-9-15(13)24-20(26)18-19(25-10-4-5-11-25)23-17-7-3-2-6-16(17)22-18/h2-3,6-9,12H,4-5,10-11H2,1H3,(H,24,26). The second-order valence-electron chi connectivity index (χ2n) is 6.49. The number of hydrogen-bond acceptors (Lipinski definition) is 4. The van der Waals surface area contributed by atoms with Crippen molar-refractivity contribution in [3.8, 4) is 0 Å². The fourth-order valence-corrected chi connectivity index (χ4v) is 3.72. The molecule has 3 aromatic rings. The van der Waals surface area contributed by atoms with E-state index < -0.39 is 0 Å². The van der Waals surface area contributed by atoms with E-state index in [0.29, 0.717) is 11.5 Å². The number of para-hydroxylation sites is 2. The zero-order valence-electron chi connectivity index (χ0n) is 14.5. The van der Waals surface area contributed by atoms with Crippen LogP contribution in [0.4, 0.5) is 11.5 Å². The number of aryl methyl sites for hydroxylation is 1. The molecular formula is C20H19BrN4O. The molecule has 0 aliphatic carbocycles. The Morgan fingerprint density at radius 1 is 1.08 bits per heavy atom. The number of fused-ring (bicyclic) bond motifs is 1. The molecule has 0 atom stereocenters. The first-order valence-electron chi connectivity index (χ1n) is 8.71. The zero-order chi connectivity index (χ0) is 18.1. The van der Waals surface area contributed by atoms with Crippen LogP contribution in [0.25, 0.3) is 11.0 Å². The molecule has 2 aromatic carbocycles. The van der Waals surface area contributed by atoms with Gasteiger partial charge in [-0.15, -0.1) is 0 Å². The fraction of sp³-hybridized carbons (Fsp3) is 0.250. The first-order valence-corrected chi connectivity index (χ1v) is 9.50. The van der Waals surface area contributed by atoms with Crippen LogP contribution in [-0.4, -0.2) is 29.0 Å². The lowest BCUT2D eigenvalue weighted by molar-refractivity contribution is 0.102. The van der Waals surface area contributed by atoms with Gasteiger partial charge in [-0.3, -0.25) is 4.79 Å². The van der Waals surface area contributed by atoms with Gasteiger partial charge in [-0.05, 0) is 55.7 Å². The largest absolute Gasteiger partial charge is 0.355 e. The quantitative estimate of drug-likeness (QED) is 0.687. The first-order chi connectivity index (χ1) is 12.6. The van der Waals surface area contributed by atoms with Gasteiger partial charge in [0.1, 0.15) is 0 Å².